The Balaban J connectivity index is 1.26. The van der Waals surface area contributed by atoms with Gasteiger partial charge in [0.15, 0.2) is 0 Å². The van der Waals surface area contributed by atoms with Gasteiger partial charge in [-0.15, -0.1) is 0 Å². The molecule has 0 saturated carbocycles. The molecular formula is C36H24N2. The average Bonchev–Trinajstić information content (AvgIpc) is 3.60. The quantitative estimate of drug-likeness (QED) is 0.230. The van der Waals surface area contributed by atoms with Crippen LogP contribution in [0.2, 0.25) is 0 Å². The number of nitrogens with zero attached hydrogens (tertiary/aromatic N) is 2. The summed E-state index contributed by atoms with van der Waals surface area (Å²) >= 11 is 0. The van der Waals surface area contributed by atoms with Crippen molar-refractivity contribution in [1.82, 2.24) is 9.13 Å². The third-order valence-corrected chi connectivity index (χ3v) is 6.95. The molecule has 0 spiro atoms. The maximum atomic E-state index is 8.61. The third-order valence-electron chi connectivity index (χ3n) is 6.95. The molecular weight excluding hydrogens is 460 g/mol. The molecule has 8 rings (SSSR count). The lowest BCUT2D eigenvalue weighted by atomic mass is 10.0. The first-order valence-corrected chi connectivity index (χ1v) is 12.0. The minimum Gasteiger partial charge on any atom is -0.309 e. The Bertz CT molecular complexity index is 2430. The number of para-hydroxylation sites is 4. The Labute approximate surface area is 237 Å². The second-order valence-corrected chi connectivity index (χ2v) is 8.96. The van der Waals surface area contributed by atoms with Crippen LogP contribution in [0.5, 0.6) is 0 Å². The summed E-state index contributed by atoms with van der Waals surface area (Å²) in [5.41, 5.74) is 4.69. The van der Waals surface area contributed by atoms with Crippen LogP contribution in [0.25, 0.3) is 66.1 Å². The van der Waals surface area contributed by atoms with Gasteiger partial charge in [-0.2, -0.15) is 0 Å². The van der Waals surface area contributed by atoms with Crippen molar-refractivity contribution in [3.63, 3.8) is 0 Å². The van der Waals surface area contributed by atoms with E-state index in [2.05, 4.69) is 0 Å². The van der Waals surface area contributed by atoms with Crippen LogP contribution in [0.3, 0.4) is 0 Å². The van der Waals surface area contributed by atoms with E-state index in [1.807, 2.05) is 48.5 Å². The van der Waals surface area contributed by atoms with Gasteiger partial charge in [0.2, 0.25) is 0 Å². The van der Waals surface area contributed by atoms with Crippen molar-refractivity contribution in [2.75, 3.05) is 0 Å². The summed E-state index contributed by atoms with van der Waals surface area (Å²) in [7, 11) is 0. The molecule has 0 amide bonds. The lowest BCUT2D eigenvalue weighted by Gasteiger charge is -2.11. The summed E-state index contributed by atoms with van der Waals surface area (Å²) in [4.78, 5) is 0. The predicted octanol–water partition coefficient (Wildman–Crippen LogP) is 9.55. The van der Waals surface area contributed by atoms with Crippen LogP contribution in [0.1, 0.15) is 16.4 Å². The van der Waals surface area contributed by atoms with E-state index >= 15 is 0 Å². The Morgan fingerprint density at radius 3 is 0.921 bits per heavy atom. The fourth-order valence-corrected chi connectivity index (χ4v) is 5.25. The van der Waals surface area contributed by atoms with Gasteiger partial charge in [-0.05, 0) is 59.7 Å². The molecule has 6 aromatic carbocycles. The minimum absolute atomic E-state index is 0.147. The molecule has 178 valence electrons. The van der Waals surface area contributed by atoms with Gasteiger partial charge in [0.05, 0.1) is 38.5 Å². The molecule has 0 radical (unpaired) electrons. The summed E-state index contributed by atoms with van der Waals surface area (Å²) in [5, 5.41) is 1.14. The number of rotatable bonds is 3. The fourth-order valence-electron chi connectivity index (χ4n) is 5.25. The van der Waals surface area contributed by atoms with E-state index in [1.165, 1.54) is 24.3 Å². The summed E-state index contributed by atoms with van der Waals surface area (Å²) in [6, 6.07) is 18.2. The molecule has 0 fully saturated rings. The van der Waals surface area contributed by atoms with Crippen molar-refractivity contribution in [1.29, 1.82) is 0 Å². The van der Waals surface area contributed by atoms with Crippen molar-refractivity contribution in [2.45, 2.75) is 0 Å². The molecule has 38 heavy (non-hydrogen) atoms. The fraction of sp³-hybridized carbons (Fsp3) is 0. The molecule has 2 heteroatoms. The Hall–Kier alpha value is -5.08. The van der Waals surface area contributed by atoms with E-state index in [-0.39, 0.29) is 94.1 Å². The highest BCUT2D eigenvalue weighted by molar-refractivity contribution is 6.10. The third kappa shape index (κ3) is 3.07. The Morgan fingerprint density at radius 1 is 0.342 bits per heavy atom. The average molecular weight is 497 g/mol. The highest BCUT2D eigenvalue weighted by Gasteiger charge is 2.13. The van der Waals surface area contributed by atoms with Crippen LogP contribution in [0.4, 0.5) is 0 Å². The molecule has 0 atom stereocenters. The molecule has 0 aliphatic heterocycles. The number of hydrogen-bond donors (Lipinski definition) is 0. The SMILES string of the molecule is [2H]c1cc2c(c([2H])c1[2H])c1c([2H])c([2H])c([2H])cc1n2-c1ccc(-c2ccc(-n3c4cc([2H])c([2H])c([2H])c4c4c([2H])c([2H])c([2H])cc43)cc2)cc1. The smallest absolute Gasteiger partial charge is 0.0630 e. The van der Waals surface area contributed by atoms with E-state index in [9.17, 15) is 0 Å². The van der Waals surface area contributed by atoms with E-state index in [4.69, 9.17) is 16.4 Å². The molecule has 2 aromatic heterocycles. The van der Waals surface area contributed by atoms with Crippen LogP contribution >= 0.6 is 0 Å². The van der Waals surface area contributed by atoms with Crippen molar-refractivity contribution in [2.24, 2.45) is 0 Å². The summed E-state index contributed by atoms with van der Waals surface area (Å²) in [5.74, 6) is 0. The molecule has 2 heterocycles. The molecule has 8 aromatic rings. The van der Waals surface area contributed by atoms with Crippen LogP contribution in [-0.2, 0) is 0 Å². The van der Waals surface area contributed by atoms with Gasteiger partial charge in [-0.25, -0.2) is 0 Å². The zero-order valence-corrected chi connectivity index (χ0v) is 19.8. The minimum atomic E-state index is -0.278. The second-order valence-electron chi connectivity index (χ2n) is 8.96. The highest BCUT2D eigenvalue weighted by atomic mass is 15.0. The van der Waals surface area contributed by atoms with Crippen molar-refractivity contribution >= 4 is 43.6 Å². The first-order valence-electron chi connectivity index (χ1n) is 18.0. The maximum Gasteiger partial charge on any atom is 0.0630 e. The molecule has 2 nitrogen and oxygen atoms in total. The second kappa shape index (κ2) is 8.22. The van der Waals surface area contributed by atoms with Crippen LogP contribution < -0.4 is 0 Å². The Kier molecular flexibility index (Phi) is 2.69. The lowest BCUT2D eigenvalue weighted by molar-refractivity contribution is 1.18. The van der Waals surface area contributed by atoms with Crippen LogP contribution in [-0.4, -0.2) is 9.13 Å². The zero-order valence-electron chi connectivity index (χ0n) is 31.8. The van der Waals surface area contributed by atoms with Crippen molar-refractivity contribution < 1.29 is 16.4 Å². The van der Waals surface area contributed by atoms with Gasteiger partial charge in [0, 0.05) is 32.9 Å². The number of benzene rings is 6. The lowest BCUT2D eigenvalue weighted by Crippen LogP contribution is -1.94. The summed E-state index contributed by atoms with van der Waals surface area (Å²) in [6.07, 6.45) is 0. The van der Waals surface area contributed by atoms with Crippen molar-refractivity contribution in [3.05, 3.63) is 145 Å². The summed E-state index contributed by atoms with van der Waals surface area (Å²) in [6.45, 7) is 0. The Morgan fingerprint density at radius 2 is 0.632 bits per heavy atom. The zero-order chi connectivity index (χ0) is 35.5. The number of hydrogen-bond acceptors (Lipinski definition) is 0. The first-order chi connectivity index (χ1) is 23.8. The van der Waals surface area contributed by atoms with Crippen LogP contribution in [0.15, 0.2) is 145 Å². The van der Waals surface area contributed by atoms with Crippen LogP contribution in [0, 0.1) is 0 Å². The molecule has 0 bridgehead atoms. The first kappa shape index (κ1) is 12.4. The summed E-state index contributed by atoms with van der Waals surface area (Å²) < 4.78 is 104. The predicted molar refractivity (Wildman–Crippen MR) is 161 cm³/mol. The molecule has 0 N–H and O–H groups in total. The molecule has 0 aliphatic rings. The van der Waals surface area contributed by atoms with Gasteiger partial charge in [-0.1, -0.05) is 96.8 Å². The molecule has 0 saturated heterocycles. The van der Waals surface area contributed by atoms with Gasteiger partial charge in [0.1, 0.15) is 0 Å². The monoisotopic (exact) mass is 496 g/mol. The standard InChI is InChI=1S/C36H24N2/c1-5-13-33-29(9-1)30-10-2-6-14-34(30)37(33)27-21-17-25(18-22-27)26-19-23-28(24-20-26)38-35-15-7-3-11-31(35)32-12-4-8-16-36(32)38/h1-24H/i1D,2D,3D,4D,5D,6D,7D,8D,9D,10D,11D,12D. The van der Waals surface area contributed by atoms with Crippen molar-refractivity contribution in [3.8, 4) is 22.5 Å². The van der Waals surface area contributed by atoms with E-state index in [0.717, 1.165) is 11.1 Å². The van der Waals surface area contributed by atoms with Gasteiger partial charge < -0.3 is 9.13 Å². The normalized spacial score (nSPS) is 16.1. The number of aromatic nitrogens is 2. The van der Waals surface area contributed by atoms with Gasteiger partial charge in [-0.3, -0.25) is 0 Å². The largest absolute Gasteiger partial charge is 0.309 e. The van der Waals surface area contributed by atoms with Gasteiger partial charge in [0.25, 0.3) is 0 Å². The van der Waals surface area contributed by atoms with Gasteiger partial charge >= 0.3 is 0 Å². The van der Waals surface area contributed by atoms with E-state index in [1.54, 1.807) is 9.13 Å². The highest BCUT2D eigenvalue weighted by Crippen LogP contribution is 2.34. The topological polar surface area (TPSA) is 9.86 Å². The van der Waals surface area contributed by atoms with E-state index in [0.29, 0.717) is 33.4 Å². The number of fused-ring (bicyclic) bond motifs is 6. The molecule has 0 aliphatic carbocycles. The maximum absolute atomic E-state index is 8.61. The van der Waals surface area contributed by atoms with E-state index < -0.39 is 0 Å². The molecule has 0 unspecified atom stereocenters.